The largest absolute Gasteiger partial charge is 0.495 e. The van der Waals surface area contributed by atoms with Crippen LogP contribution in [0.2, 0.25) is 0 Å². The van der Waals surface area contributed by atoms with E-state index in [9.17, 15) is 18.0 Å². The molecule has 0 unspecified atom stereocenters. The Kier molecular flexibility index (Phi) is 6.56. The van der Waals surface area contributed by atoms with Crippen molar-refractivity contribution in [2.75, 3.05) is 29.9 Å². The van der Waals surface area contributed by atoms with Crippen molar-refractivity contribution in [2.45, 2.75) is 18.2 Å². The number of nitrogens with one attached hydrogen (secondary N) is 1. The minimum Gasteiger partial charge on any atom is -0.495 e. The first-order valence-corrected chi connectivity index (χ1v) is 12.1. The van der Waals surface area contributed by atoms with Crippen molar-refractivity contribution in [1.29, 1.82) is 0 Å². The third-order valence-corrected chi connectivity index (χ3v) is 6.91. The van der Waals surface area contributed by atoms with E-state index in [1.54, 1.807) is 29.2 Å². The Hall–Kier alpha value is -3.85. The molecule has 9 heteroatoms. The number of aryl methyl sites for hydroxylation is 1. The predicted octanol–water partition coefficient (Wildman–Crippen LogP) is 3.55. The summed E-state index contributed by atoms with van der Waals surface area (Å²) in [5.74, 6) is -1.09. The molecule has 3 aromatic carbocycles. The number of benzene rings is 3. The van der Waals surface area contributed by atoms with E-state index in [1.807, 2.05) is 31.2 Å². The number of carbonyl (C=O) groups excluding carboxylic acids is 2. The second-order valence-corrected chi connectivity index (χ2v) is 9.49. The van der Waals surface area contributed by atoms with Crippen molar-refractivity contribution in [3.63, 3.8) is 0 Å². The lowest BCUT2D eigenvalue weighted by atomic mass is 10.2. The summed E-state index contributed by atoms with van der Waals surface area (Å²) in [5.41, 5.74) is 3.21. The van der Waals surface area contributed by atoms with Crippen molar-refractivity contribution in [3.8, 4) is 5.75 Å². The molecule has 1 N–H and O–H groups in total. The number of hydrogen-bond acceptors (Lipinski definition) is 6. The van der Waals surface area contributed by atoms with Crippen molar-refractivity contribution in [3.05, 3.63) is 83.4 Å². The average molecular weight is 481 g/mol. The van der Waals surface area contributed by atoms with Gasteiger partial charge in [0.1, 0.15) is 10.6 Å². The maximum atomic E-state index is 13.0. The number of amides is 1. The summed E-state index contributed by atoms with van der Waals surface area (Å²) >= 11 is 0. The quantitative estimate of drug-likeness (QED) is 0.519. The van der Waals surface area contributed by atoms with Crippen LogP contribution in [0.3, 0.4) is 0 Å². The molecular weight excluding hydrogens is 456 g/mol. The lowest BCUT2D eigenvalue weighted by Crippen LogP contribution is -2.33. The Balaban J connectivity index is 1.49. The van der Waals surface area contributed by atoms with E-state index >= 15 is 0 Å². The van der Waals surface area contributed by atoms with E-state index in [-0.39, 0.29) is 22.1 Å². The van der Waals surface area contributed by atoms with Crippen LogP contribution in [0.5, 0.6) is 5.75 Å². The van der Waals surface area contributed by atoms with Crippen molar-refractivity contribution < 1.29 is 27.5 Å². The molecule has 1 aliphatic rings. The highest BCUT2D eigenvalue weighted by molar-refractivity contribution is 7.92. The van der Waals surface area contributed by atoms with Crippen LogP contribution in [0.4, 0.5) is 11.4 Å². The van der Waals surface area contributed by atoms with Crippen LogP contribution in [-0.2, 0) is 26.0 Å². The van der Waals surface area contributed by atoms with Crippen molar-refractivity contribution in [1.82, 2.24) is 0 Å². The van der Waals surface area contributed by atoms with E-state index in [4.69, 9.17) is 9.47 Å². The first-order valence-electron chi connectivity index (χ1n) is 10.6. The molecule has 0 aliphatic carbocycles. The Morgan fingerprint density at radius 1 is 1.03 bits per heavy atom. The number of esters is 1. The molecule has 0 fully saturated rings. The van der Waals surface area contributed by atoms with Crippen molar-refractivity contribution >= 4 is 33.3 Å². The standard InChI is InChI=1S/C25H24N2O6S/c1-17-7-10-20(11-8-17)26-34(30,31)23-15-19(9-12-22(23)32-2)25(29)33-16-24(28)27-14-13-18-5-3-4-6-21(18)27/h3-12,15,26H,13-14,16H2,1-2H3. The Morgan fingerprint density at radius 2 is 1.76 bits per heavy atom. The molecule has 0 bridgehead atoms. The predicted molar refractivity (Wildman–Crippen MR) is 128 cm³/mol. The van der Waals surface area contributed by atoms with Crippen LogP contribution < -0.4 is 14.4 Å². The second-order valence-electron chi connectivity index (χ2n) is 7.84. The number of carbonyl (C=O) groups is 2. The summed E-state index contributed by atoms with van der Waals surface area (Å²) in [7, 11) is -2.72. The van der Waals surface area contributed by atoms with Gasteiger partial charge in [0.05, 0.1) is 12.7 Å². The van der Waals surface area contributed by atoms with Crippen LogP contribution in [0.1, 0.15) is 21.5 Å². The van der Waals surface area contributed by atoms with Gasteiger partial charge in [0.15, 0.2) is 6.61 Å². The summed E-state index contributed by atoms with van der Waals surface area (Å²) in [6.45, 7) is 1.96. The number of nitrogens with zero attached hydrogens (tertiary/aromatic N) is 1. The molecule has 0 saturated heterocycles. The summed E-state index contributed by atoms with van der Waals surface area (Å²) in [5, 5.41) is 0. The molecule has 34 heavy (non-hydrogen) atoms. The normalized spacial score (nSPS) is 12.7. The molecule has 0 radical (unpaired) electrons. The zero-order valence-corrected chi connectivity index (χ0v) is 19.6. The van der Waals surface area contributed by atoms with Gasteiger partial charge < -0.3 is 14.4 Å². The highest BCUT2D eigenvalue weighted by Gasteiger charge is 2.26. The van der Waals surface area contributed by atoms with Gasteiger partial charge in [-0.1, -0.05) is 35.9 Å². The van der Waals surface area contributed by atoms with Gasteiger partial charge in [0, 0.05) is 17.9 Å². The van der Waals surface area contributed by atoms with E-state index in [0.717, 1.165) is 23.2 Å². The van der Waals surface area contributed by atoms with E-state index in [2.05, 4.69) is 4.72 Å². The van der Waals surface area contributed by atoms with Crippen LogP contribution in [0, 0.1) is 6.92 Å². The third-order valence-electron chi connectivity index (χ3n) is 5.51. The Bertz CT molecular complexity index is 1340. The van der Waals surface area contributed by atoms with Crippen LogP contribution in [0.25, 0.3) is 0 Å². The molecule has 8 nitrogen and oxygen atoms in total. The summed E-state index contributed by atoms with van der Waals surface area (Å²) in [6, 6.07) is 18.3. The molecule has 1 amide bonds. The van der Waals surface area contributed by atoms with Gasteiger partial charge in [-0.2, -0.15) is 0 Å². The SMILES string of the molecule is COc1ccc(C(=O)OCC(=O)N2CCc3ccccc32)cc1S(=O)(=O)Nc1ccc(C)cc1. The monoisotopic (exact) mass is 480 g/mol. The molecule has 176 valence electrons. The first kappa shape index (κ1) is 23.3. The minimum atomic E-state index is -4.06. The fourth-order valence-electron chi connectivity index (χ4n) is 3.73. The second kappa shape index (κ2) is 9.56. The topological polar surface area (TPSA) is 102 Å². The molecule has 1 aliphatic heterocycles. The number of para-hydroxylation sites is 1. The van der Waals surface area contributed by atoms with Gasteiger partial charge in [0.25, 0.3) is 15.9 Å². The molecule has 0 aromatic heterocycles. The smallest absolute Gasteiger partial charge is 0.338 e. The Morgan fingerprint density at radius 3 is 2.50 bits per heavy atom. The van der Waals surface area contributed by atoms with Gasteiger partial charge in [0.2, 0.25) is 0 Å². The lowest BCUT2D eigenvalue weighted by Gasteiger charge is -2.17. The lowest BCUT2D eigenvalue weighted by molar-refractivity contribution is -0.121. The third kappa shape index (κ3) is 4.89. The van der Waals surface area contributed by atoms with Crippen LogP contribution in [0.15, 0.2) is 71.6 Å². The maximum Gasteiger partial charge on any atom is 0.338 e. The number of methoxy groups -OCH3 is 1. The highest BCUT2D eigenvalue weighted by Crippen LogP contribution is 2.29. The fraction of sp³-hybridized carbons (Fsp3) is 0.200. The number of sulfonamides is 1. The molecule has 0 saturated carbocycles. The fourth-order valence-corrected chi connectivity index (χ4v) is 4.99. The van der Waals surface area contributed by atoms with Crippen molar-refractivity contribution in [2.24, 2.45) is 0 Å². The molecule has 3 aromatic rings. The van der Waals surface area contributed by atoms with Crippen LogP contribution >= 0.6 is 0 Å². The number of rotatable bonds is 7. The maximum absolute atomic E-state index is 13.0. The molecule has 0 spiro atoms. The first-order chi connectivity index (χ1) is 16.3. The molecule has 0 atom stereocenters. The summed E-state index contributed by atoms with van der Waals surface area (Å²) < 4.78 is 38.9. The Labute approximate surface area is 198 Å². The molecule has 1 heterocycles. The summed E-state index contributed by atoms with van der Waals surface area (Å²) in [4.78, 5) is 26.6. The average Bonchev–Trinajstić information content (AvgIpc) is 3.27. The van der Waals surface area contributed by atoms with E-state index < -0.39 is 22.6 Å². The molecule has 4 rings (SSSR count). The highest BCUT2D eigenvalue weighted by atomic mass is 32.2. The van der Waals surface area contributed by atoms with Crippen LogP contribution in [-0.4, -0.2) is 40.6 Å². The number of ether oxygens (including phenoxy) is 2. The van der Waals surface area contributed by atoms with Gasteiger partial charge in [-0.05, 0) is 55.3 Å². The zero-order chi connectivity index (χ0) is 24.3. The van der Waals surface area contributed by atoms with E-state index in [0.29, 0.717) is 12.2 Å². The minimum absolute atomic E-state index is 0.0142. The summed E-state index contributed by atoms with van der Waals surface area (Å²) in [6.07, 6.45) is 0.740. The molecular formula is C25H24N2O6S. The van der Waals surface area contributed by atoms with Gasteiger partial charge >= 0.3 is 5.97 Å². The number of fused-ring (bicyclic) bond motifs is 1. The zero-order valence-electron chi connectivity index (χ0n) is 18.8. The number of hydrogen-bond donors (Lipinski definition) is 1. The van der Waals surface area contributed by atoms with Gasteiger partial charge in [-0.3, -0.25) is 9.52 Å². The van der Waals surface area contributed by atoms with E-state index in [1.165, 1.54) is 25.3 Å². The van der Waals surface area contributed by atoms with Gasteiger partial charge in [-0.25, -0.2) is 13.2 Å². The number of anilines is 2. The van der Waals surface area contributed by atoms with Gasteiger partial charge in [-0.15, -0.1) is 0 Å².